The fourth-order valence-electron chi connectivity index (χ4n) is 6.21. The third kappa shape index (κ3) is 3.44. The van der Waals surface area contributed by atoms with Gasteiger partial charge in [0.15, 0.2) is 17.3 Å². The van der Waals surface area contributed by atoms with Gasteiger partial charge in [0.2, 0.25) is 18.6 Å². The molecule has 10 heteroatoms. The molecular formula is C29H21N3O7. The average Bonchev–Trinajstić information content (AvgIpc) is 3.62. The number of amides is 2. The lowest BCUT2D eigenvalue weighted by Gasteiger charge is -2.35. The van der Waals surface area contributed by atoms with Crippen LogP contribution in [0.2, 0.25) is 0 Å². The summed E-state index contributed by atoms with van der Waals surface area (Å²) in [6.45, 7) is 0.158. The average molecular weight is 524 g/mol. The maximum Gasteiger partial charge on any atom is 0.269 e. The molecule has 2 amide bonds. The molecule has 0 bridgehead atoms. The van der Waals surface area contributed by atoms with Crippen LogP contribution in [-0.4, -0.2) is 45.2 Å². The molecule has 39 heavy (non-hydrogen) atoms. The number of imide groups is 1. The van der Waals surface area contributed by atoms with Gasteiger partial charge in [-0.15, -0.1) is 0 Å². The van der Waals surface area contributed by atoms with Gasteiger partial charge in [0.25, 0.3) is 5.69 Å². The van der Waals surface area contributed by atoms with Crippen LogP contribution in [0.3, 0.4) is 0 Å². The summed E-state index contributed by atoms with van der Waals surface area (Å²) in [4.78, 5) is 55.4. The van der Waals surface area contributed by atoms with Crippen molar-refractivity contribution >= 4 is 29.4 Å². The van der Waals surface area contributed by atoms with E-state index in [1.165, 1.54) is 29.2 Å². The second-order valence-corrected chi connectivity index (χ2v) is 9.95. The van der Waals surface area contributed by atoms with Crippen LogP contribution in [0.25, 0.3) is 6.08 Å². The summed E-state index contributed by atoms with van der Waals surface area (Å²) < 4.78 is 10.8. The Morgan fingerprint density at radius 1 is 0.949 bits per heavy atom. The molecule has 0 radical (unpaired) electrons. The molecule has 2 saturated heterocycles. The third-order valence-electron chi connectivity index (χ3n) is 7.96. The van der Waals surface area contributed by atoms with Crippen LogP contribution >= 0.6 is 0 Å². The minimum absolute atomic E-state index is 0.0456. The van der Waals surface area contributed by atoms with Crippen LogP contribution in [0.15, 0.2) is 72.9 Å². The number of carbonyl (C=O) groups is 3. The molecule has 2 fully saturated rings. The molecule has 10 nitrogen and oxygen atoms in total. The number of non-ortho nitro benzene ring substituents is 1. The maximum atomic E-state index is 13.9. The summed E-state index contributed by atoms with van der Waals surface area (Å²) in [6, 6.07) is 16.8. The lowest BCUT2D eigenvalue weighted by molar-refractivity contribution is -0.384. The van der Waals surface area contributed by atoms with Gasteiger partial charge in [-0.1, -0.05) is 30.3 Å². The predicted molar refractivity (Wildman–Crippen MR) is 136 cm³/mol. The number of likely N-dealkylation sites (tertiary alicyclic amines) is 1. The Kier molecular flexibility index (Phi) is 5.06. The van der Waals surface area contributed by atoms with Crippen LogP contribution in [-0.2, 0) is 16.1 Å². The number of benzene rings is 3. The van der Waals surface area contributed by atoms with E-state index >= 15 is 0 Å². The molecule has 3 aromatic rings. The second-order valence-electron chi connectivity index (χ2n) is 9.95. The number of nitrogens with zero attached hydrogens (tertiary/aromatic N) is 3. The lowest BCUT2D eigenvalue weighted by Crippen LogP contribution is -2.44. The van der Waals surface area contributed by atoms with Crippen molar-refractivity contribution in [1.29, 1.82) is 0 Å². The number of rotatable bonds is 5. The molecule has 3 aromatic carbocycles. The van der Waals surface area contributed by atoms with Crippen LogP contribution in [0.4, 0.5) is 5.69 Å². The molecule has 0 aliphatic carbocycles. The zero-order chi connectivity index (χ0) is 26.8. The van der Waals surface area contributed by atoms with E-state index in [1.807, 2.05) is 35.2 Å². The highest BCUT2D eigenvalue weighted by Crippen LogP contribution is 2.53. The first kappa shape index (κ1) is 23.2. The van der Waals surface area contributed by atoms with E-state index in [4.69, 9.17) is 9.47 Å². The summed E-state index contributed by atoms with van der Waals surface area (Å²) in [5.74, 6) is -1.62. The van der Waals surface area contributed by atoms with Crippen molar-refractivity contribution in [3.63, 3.8) is 0 Å². The molecule has 4 atom stereocenters. The van der Waals surface area contributed by atoms with E-state index in [9.17, 15) is 24.5 Å². The first-order valence-corrected chi connectivity index (χ1v) is 12.5. The molecule has 4 aliphatic heterocycles. The second kappa shape index (κ2) is 8.52. The number of Topliss-reactive ketones (excluding diaryl/α,β-unsaturated/α-hetero) is 1. The molecular weight excluding hydrogens is 502 g/mol. The SMILES string of the molecule is O=C(c1ccc([N+](=O)[O-])cc1)[C@@H]1[C@@H]2C(=O)N(Cc3ccc4c(c3)OCO4)C(=O)[C@@H]2[C@H]2c3ccccc3C=CN12. The highest BCUT2D eigenvalue weighted by molar-refractivity contribution is 6.12. The number of fused-ring (bicyclic) bond motifs is 6. The number of carbonyl (C=O) groups excluding carboxylic acids is 3. The Bertz CT molecular complexity index is 1600. The van der Waals surface area contributed by atoms with E-state index in [0.29, 0.717) is 17.1 Å². The van der Waals surface area contributed by atoms with E-state index in [0.717, 1.165) is 11.1 Å². The minimum atomic E-state index is -0.940. The Balaban J connectivity index is 1.28. The van der Waals surface area contributed by atoms with Gasteiger partial charge in [-0.2, -0.15) is 0 Å². The van der Waals surface area contributed by atoms with Crippen molar-refractivity contribution in [3.05, 3.63) is 105 Å². The largest absolute Gasteiger partial charge is 0.454 e. The smallest absolute Gasteiger partial charge is 0.269 e. The zero-order valence-corrected chi connectivity index (χ0v) is 20.4. The third-order valence-corrected chi connectivity index (χ3v) is 7.96. The van der Waals surface area contributed by atoms with Crippen molar-refractivity contribution < 1.29 is 28.8 Å². The topological polar surface area (TPSA) is 119 Å². The van der Waals surface area contributed by atoms with Crippen LogP contribution in [0.5, 0.6) is 11.5 Å². The Labute approximate surface area is 222 Å². The molecule has 7 rings (SSSR count). The maximum absolute atomic E-state index is 13.9. The summed E-state index contributed by atoms with van der Waals surface area (Å²) in [6.07, 6.45) is 3.66. The van der Waals surface area contributed by atoms with Gasteiger partial charge in [0.1, 0.15) is 6.04 Å². The molecule has 4 aliphatic rings. The first-order valence-electron chi connectivity index (χ1n) is 12.5. The van der Waals surface area contributed by atoms with E-state index in [-0.39, 0.29) is 36.3 Å². The van der Waals surface area contributed by atoms with Gasteiger partial charge in [-0.3, -0.25) is 29.4 Å². The molecule has 0 unspecified atom stereocenters. The Morgan fingerprint density at radius 3 is 2.49 bits per heavy atom. The Morgan fingerprint density at radius 2 is 1.69 bits per heavy atom. The molecule has 0 N–H and O–H groups in total. The summed E-state index contributed by atoms with van der Waals surface area (Å²) in [5.41, 5.74) is 2.62. The van der Waals surface area contributed by atoms with Crippen molar-refractivity contribution in [2.24, 2.45) is 11.8 Å². The van der Waals surface area contributed by atoms with Gasteiger partial charge in [-0.05, 0) is 47.0 Å². The van der Waals surface area contributed by atoms with Crippen LogP contribution < -0.4 is 9.47 Å². The van der Waals surface area contributed by atoms with Gasteiger partial charge >= 0.3 is 0 Å². The van der Waals surface area contributed by atoms with Crippen LogP contribution in [0.1, 0.15) is 33.1 Å². The van der Waals surface area contributed by atoms with Gasteiger partial charge in [0.05, 0.1) is 29.3 Å². The number of nitro benzene ring substituents is 1. The zero-order valence-electron chi connectivity index (χ0n) is 20.4. The van der Waals surface area contributed by atoms with Crippen molar-refractivity contribution in [2.45, 2.75) is 18.6 Å². The fraction of sp³-hybridized carbons (Fsp3) is 0.207. The quantitative estimate of drug-likeness (QED) is 0.215. The number of ketones is 1. The van der Waals surface area contributed by atoms with Crippen molar-refractivity contribution in [2.75, 3.05) is 6.79 Å². The van der Waals surface area contributed by atoms with Gasteiger partial charge in [0, 0.05) is 23.9 Å². The molecule has 4 heterocycles. The summed E-state index contributed by atoms with van der Waals surface area (Å²) >= 11 is 0. The fourth-order valence-corrected chi connectivity index (χ4v) is 6.21. The first-order chi connectivity index (χ1) is 18.9. The standard InChI is InChI=1S/C29H21N3O7/c33-27(18-6-8-19(9-7-18)32(36)37)26-24-23(25-20-4-2-1-3-17(20)11-12-30(25)26)28(34)31(29(24)35)14-16-5-10-21-22(13-16)39-15-38-21/h1-13,23-26H,14-15H2/t23-,24+,25+,26-/m0/s1. The normalized spacial score (nSPS) is 24.0. The lowest BCUT2D eigenvalue weighted by atomic mass is 9.83. The summed E-state index contributed by atoms with van der Waals surface area (Å²) in [7, 11) is 0. The Hall–Kier alpha value is -4.99. The predicted octanol–water partition coefficient (Wildman–Crippen LogP) is 3.72. The van der Waals surface area contributed by atoms with Crippen molar-refractivity contribution in [1.82, 2.24) is 9.80 Å². The van der Waals surface area contributed by atoms with E-state index < -0.39 is 34.7 Å². The van der Waals surface area contributed by atoms with Crippen molar-refractivity contribution in [3.8, 4) is 11.5 Å². The van der Waals surface area contributed by atoms with Gasteiger partial charge in [-0.25, -0.2) is 0 Å². The van der Waals surface area contributed by atoms with E-state index in [1.54, 1.807) is 24.4 Å². The number of ether oxygens (including phenoxy) is 2. The molecule has 0 spiro atoms. The number of hydrogen-bond acceptors (Lipinski definition) is 8. The monoisotopic (exact) mass is 523 g/mol. The molecule has 0 aromatic heterocycles. The molecule has 194 valence electrons. The highest BCUT2D eigenvalue weighted by Gasteiger charge is 2.64. The van der Waals surface area contributed by atoms with E-state index in [2.05, 4.69) is 0 Å². The van der Waals surface area contributed by atoms with Gasteiger partial charge < -0.3 is 14.4 Å². The number of nitro groups is 1. The number of hydrogen-bond donors (Lipinski definition) is 0. The highest BCUT2D eigenvalue weighted by atomic mass is 16.7. The summed E-state index contributed by atoms with van der Waals surface area (Å²) in [5, 5.41) is 11.1. The minimum Gasteiger partial charge on any atom is -0.454 e. The molecule has 0 saturated carbocycles. The van der Waals surface area contributed by atoms with Crippen LogP contribution in [0, 0.1) is 22.0 Å².